The Balaban J connectivity index is 1.54. The van der Waals surface area contributed by atoms with Gasteiger partial charge in [-0.2, -0.15) is 0 Å². The van der Waals surface area contributed by atoms with Gasteiger partial charge in [0.1, 0.15) is 16.9 Å². The zero-order valence-electron chi connectivity index (χ0n) is 20.0. The molecule has 6 nitrogen and oxygen atoms in total. The smallest absolute Gasteiger partial charge is 0.249 e. The number of carbonyl (C=O) groups is 2. The topological polar surface area (TPSA) is 84.0 Å². The highest BCUT2D eigenvalue weighted by Crippen LogP contribution is 2.28. The second-order valence-electron chi connectivity index (χ2n) is 8.53. The van der Waals surface area contributed by atoms with Crippen molar-refractivity contribution in [2.75, 3.05) is 5.32 Å². The molecule has 184 valence electrons. The molecule has 3 aromatic carbocycles. The minimum Gasteiger partial charge on any atom is -0.343 e. The summed E-state index contributed by atoms with van der Waals surface area (Å²) in [6.45, 7) is 3.90. The van der Waals surface area contributed by atoms with Crippen molar-refractivity contribution in [3.05, 3.63) is 102 Å². The average Bonchev–Trinajstić information content (AvgIpc) is 3.37. The molecule has 0 saturated carbocycles. The first-order valence-electron chi connectivity index (χ1n) is 11.8. The number of benzene rings is 3. The molecule has 0 radical (unpaired) electrons. The number of hydrogen-bond acceptors (Lipinski definition) is 5. The second-order valence-corrected chi connectivity index (χ2v) is 9.51. The molecule has 0 aliphatic heterocycles. The van der Waals surface area contributed by atoms with Crippen LogP contribution < -0.4 is 10.6 Å². The fourth-order valence-corrected chi connectivity index (χ4v) is 4.64. The van der Waals surface area contributed by atoms with Crippen molar-refractivity contribution in [2.24, 2.45) is 5.92 Å². The van der Waals surface area contributed by atoms with Crippen molar-refractivity contribution in [3.8, 4) is 10.6 Å². The van der Waals surface area contributed by atoms with E-state index >= 15 is 0 Å². The number of hydrogen-bond donors (Lipinski definition) is 2. The van der Waals surface area contributed by atoms with Crippen molar-refractivity contribution in [2.45, 2.75) is 32.2 Å². The molecule has 4 aromatic rings. The van der Waals surface area contributed by atoms with Crippen LogP contribution in [0.15, 0.2) is 84.9 Å². The van der Waals surface area contributed by atoms with E-state index in [0.717, 1.165) is 11.1 Å². The zero-order chi connectivity index (χ0) is 25.5. The number of nitrogens with zero attached hydrogens (tertiary/aromatic N) is 2. The molecule has 4 rings (SSSR count). The monoisotopic (exact) mass is 502 g/mol. The molecule has 1 aromatic heterocycles. The molecule has 0 aliphatic carbocycles. The lowest BCUT2D eigenvalue weighted by atomic mass is 9.89. The maximum absolute atomic E-state index is 13.6. The Labute approximate surface area is 213 Å². The van der Waals surface area contributed by atoms with E-state index in [1.54, 1.807) is 12.1 Å². The van der Waals surface area contributed by atoms with E-state index in [4.69, 9.17) is 0 Å². The summed E-state index contributed by atoms with van der Waals surface area (Å²) in [5, 5.41) is 14.8. The van der Waals surface area contributed by atoms with E-state index in [9.17, 15) is 14.0 Å². The van der Waals surface area contributed by atoms with E-state index in [2.05, 4.69) is 20.8 Å². The first-order valence-corrected chi connectivity index (χ1v) is 12.6. The molecule has 0 spiro atoms. The van der Waals surface area contributed by atoms with Gasteiger partial charge in [-0.3, -0.25) is 14.9 Å². The fourth-order valence-electron chi connectivity index (χ4n) is 3.89. The van der Waals surface area contributed by atoms with E-state index < -0.39 is 12.0 Å². The maximum atomic E-state index is 13.6. The zero-order valence-corrected chi connectivity index (χ0v) is 20.8. The standard InChI is InChI=1S/C28H27FN4O2S/c1-3-18(2)24(26(35)31-28-33-32-27(36-28)21-14-16-22(29)17-15-21)30-25(34)23(19-10-6-4-7-11-19)20-12-8-5-9-13-20/h4-18,23-24H,3H2,1-2H3,(H,30,34)(H,31,33,35). The van der Waals surface area contributed by atoms with E-state index in [-0.39, 0.29) is 23.5 Å². The second kappa shape index (κ2) is 11.7. The van der Waals surface area contributed by atoms with Crippen molar-refractivity contribution in [1.29, 1.82) is 0 Å². The van der Waals surface area contributed by atoms with Gasteiger partial charge in [-0.1, -0.05) is 92.3 Å². The number of carbonyl (C=O) groups excluding carboxylic acids is 2. The molecule has 8 heteroatoms. The molecule has 1 heterocycles. The van der Waals surface area contributed by atoms with E-state index in [0.29, 0.717) is 22.1 Å². The Bertz CT molecular complexity index is 1260. The highest BCUT2D eigenvalue weighted by Gasteiger charge is 2.31. The third kappa shape index (κ3) is 6.01. The first-order chi connectivity index (χ1) is 17.5. The molecule has 2 unspecified atom stereocenters. The number of rotatable bonds is 9. The van der Waals surface area contributed by atoms with Crippen molar-refractivity contribution < 1.29 is 14.0 Å². The lowest BCUT2D eigenvalue weighted by molar-refractivity contribution is -0.128. The Kier molecular flexibility index (Phi) is 8.17. The number of halogens is 1. The van der Waals surface area contributed by atoms with Gasteiger partial charge in [-0.15, -0.1) is 10.2 Å². The number of aromatic nitrogens is 2. The molecule has 0 saturated heterocycles. The summed E-state index contributed by atoms with van der Waals surface area (Å²) in [6.07, 6.45) is 0.691. The average molecular weight is 503 g/mol. The summed E-state index contributed by atoms with van der Waals surface area (Å²) in [7, 11) is 0. The van der Waals surface area contributed by atoms with Crippen LogP contribution in [-0.4, -0.2) is 28.1 Å². The molecule has 0 fully saturated rings. The first kappa shape index (κ1) is 25.2. The van der Waals surface area contributed by atoms with Crippen molar-refractivity contribution in [3.63, 3.8) is 0 Å². The normalized spacial score (nSPS) is 12.7. The Morgan fingerprint density at radius 2 is 1.44 bits per heavy atom. The van der Waals surface area contributed by atoms with Crippen LogP contribution in [0.1, 0.15) is 37.3 Å². The molecule has 0 aliphatic rings. The number of amides is 2. The Morgan fingerprint density at radius 1 is 0.861 bits per heavy atom. The van der Waals surface area contributed by atoms with Crippen LogP contribution in [-0.2, 0) is 9.59 Å². The minimum absolute atomic E-state index is 0.120. The van der Waals surface area contributed by atoms with Crippen molar-refractivity contribution >= 4 is 28.3 Å². The van der Waals surface area contributed by atoms with Crippen LogP contribution in [0.25, 0.3) is 10.6 Å². The van der Waals surface area contributed by atoms with Gasteiger partial charge in [-0.25, -0.2) is 4.39 Å². The van der Waals surface area contributed by atoms with Crippen LogP contribution in [0.4, 0.5) is 9.52 Å². The largest absolute Gasteiger partial charge is 0.343 e. The predicted octanol–water partition coefficient (Wildman–Crippen LogP) is 5.65. The summed E-state index contributed by atoms with van der Waals surface area (Å²) in [5.41, 5.74) is 2.39. The molecular weight excluding hydrogens is 475 g/mol. The summed E-state index contributed by atoms with van der Waals surface area (Å²) in [4.78, 5) is 26.9. The van der Waals surface area contributed by atoms with Crippen LogP contribution in [0.5, 0.6) is 0 Å². The molecule has 2 amide bonds. The summed E-state index contributed by atoms with van der Waals surface area (Å²) < 4.78 is 13.2. The van der Waals surface area contributed by atoms with Gasteiger partial charge in [0.2, 0.25) is 16.9 Å². The molecule has 2 N–H and O–H groups in total. The summed E-state index contributed by atoms with van der Waals surface area (Å²) >= 11 is 1.19. The third-order valence-electron chi connectivity index (χ3n) is 6.07. The van der Waals surface area contributed by atoms with E-state index in [1.807, 2.05) is 74.5 Å². The van der Waals surface area contributed by atoms with Gasteiger partial charge in [0.15, 0.2) is 0 Å². The third-order valence-corrected chi connectivity index (χ3v) is 6.96. The minimum atomic E-state index is -0.768. The highest BCUT2D eigenvalue weighted by atomic mass is 32.1. The summed E-state index contributed by atoms with van der Waals surface area (Å²) in [6, 6.07) is 24.2. The van der Waals surface area contributed by atoms with E-state index in [1.165, 1.54) is 23.5 Å². The van der Waals surface area contributed by atoms with Gasteiger partial charge in [-0.05, 0) is 41.3 Å². The van der Waals surface area contributed by atoms with Crippen molar-refractivity contribution in [1.82, 2.24) is 15.5 Å². The number of nitrogens with one attached hydrogen (secondary N) is 2. The lowest BCUT2D eigenvalue weighted by Crippen LogP contribution is -2.49. The predicted molar refractivity (Wildman–Crippen MR) is 140 cm³/mol. The lowest BCUT2D eigenvalue weighted by Gasteiger charge is -2.26. The Hall–Kier alpha value is -3.91. The summed E-state index contributed by atoms with van der Waals surface area (Å²) in [5.74, 6) is -1.63. The van der Waals surface area contributed by atoms with Gasteiger partial charge in [0, 0.05) is 5.56 Å². The fraction of sp³-hybridized carbons (Fsp3) is 0.214. The maximum Gasteiger partial charge on any atom is 0.249 e. The molecular formula is C28H27FN4O2S. The molecule has 36 heavy (non-hydrogen) atoms. The van der Waals surface area contributed by atoms with Crippen LogP contribution in [0.3, 0.4) is 0 Å². The van der Waals surface area contributed by atoms with Gasteiger partial charge < -0.3 is 5.32 Å². The SMILES string of the molecule is CCC(C)C(NC(=O)C(c1ccccc1)c1ccccc1)C(=O)Nc1nnc(-c2ccc(F)cc2)s1. The van der Waals surface area contributed by atoms with Crippen LogP contribution >= 0.6 is 11.3 Å². The molecule has 2 atom stereocenters. The van der Waals surface area contributed by atoms with Gasteiger partial charge in [0.25, 0.3) is 0 Å². The van der Waals surface area contributed by atoms with Crippen LogP contribution in [0, 0.1) is 11.7 Å². The number of anilines is 1. The molecule has 0 bridgehead atoms. The van der Waals surface area contributed by atoms with Gasteiger partial charge >= 0.3 is 0 Å². The van der Waals surface area contributed by atoms with Crippen LogP contribution in [0.2, 0.25) is 0 Å². The highest BCUT2D eigenvalue weighted by molar-refractivity contribution is 7.18. The van der Waals surface area contributed by atoms with Gasteiger partial charge in [0.05, 0.1) is 5.92 Å². The Morgan fingerprint density at radius 3 is 2.00 bits per heavy atom. The quantitative estimate of drug-likeness (QED) is 0.310.